The van der Waals surface area contributed by atoms with Crippen LogP contribution in [0.25, 0.3) is 16.8 Å². The van der Waals surface area contributed by atoms with Gasteiger partial charge in [-0.1, -0.05) is 55.5 Å². The smallest absolute Gasteiger partial charge is 0.341 e. The Bertz CT molecular complexity index is 1080. The molecule has 0 fully saturated rings. The fourth-order valence-electron chi connectivity index (χ4n) is 3.49. The van der Waals surface area contributed by atoms with E-state index >= 15 is 0 Å². The van der Waals surface area contributed by atoms with Crippen LogP contribution in [0.4, 0.5) is 0 Å². The summed E-state index contributed by atoms with van der Waals surface area (Å²) >= 11 is 0. The lowest BCUT2D eigenvalue weighted by molar-refractivity contribution is -0.133. The predicted molar refractivity (Wildman–Crippen MR) is 121 cm³/mol. The predicted octanol–water partition coefficient (Wildman–Crippen LogP) is 4.70. The molecule has 0 N–H and O–H groups in total. The Balaban J connectivity index is 1.88. The molecule has 0 amide bonds. The molecule has 0 aliphatic rings. The van der Waals surface area contributed by atoms with Gasteiger partial charge in [-0.15, -0.1) is 0 Å². The quantitative estimate of drug-likeness (QED) is 0.300. The molecular formula is C25H28N2O4. The molecule has 0 unspecified atom stereocenters. The number of hydrogen-bond donors (Lipinski definition) is 0. The van der Waals surface area contributed by atoms with Gasteiger partial charge in [0, 0.05) is 18.2 Å². The Labute approximate surface area is 183 Å². The molecular weight excluding hydrogens is 392 g/mol. The van der Waals surface area contributed by atoms with Crippen LogP contribution in [-0.4, -0.2) is 30.0 Å². The minimum atomic E-state index is -0.469. The molecule has 3 rings (SSSR count). The van der Waals surface area contributed by atoms with E-state index in [2.05, 4.69) is 36.3 Å². The molecule has 1 aromatic heterocycles. The van der Waals surface area contributed by atoms with Crippen molar-refractivity contribution >= 4 is 11.5 Å². The maximum atomic E-state index is 12.2. The van der Waals surface area contributed by atoms with Crippen LogP contribution in [0.15, 0.2) is 54.8 Å². The molecule has 31 heavy (non-hydrogen) atoms. The lowest BCUT2D eigenvalue weighted by Gasteiger charge is -2.13. The number of ether oxygens (including phenoxy) is 3. The Morgan fingerprint density at radius 3 is 2.45 bits per heavy atom. The normalized spacial score (nSPS) is 11.3. The molecule has 1 heterocycles. The maximum absolute atomic E-state index is 12.2. The third kappa shape index (κ3) is 4.79. The van der Waals surface area contributed by atoms with Crippen LogP contribution in [0.3, 0.4) is 0 Å². The topological polar surface area (TPSA) is 62.6 Å². The zero-order valence-corrected chi connectivity index (χ0v) is 18.6. The standard InChI is InChI=1S/C25H28N2O4/c1-6-18-11-13-19(14-12-18)23-17(2)24(27(3)26-23)31-15-20-9-7-8-10-21(20)22(16-29-4)25(28)30-5/h7-14,16H,6,15H2,1-5H3/b22-16+. The van der Waals surface area contributed by atoms with Crippen LogP contribution in [0.5, 0.6) is 5.88 Å². The van der Waals surface area contributed by atoms with Crippen molar-refractivity contribution in [3.63, 3.8) is 0 Å². The van der Waals surface area contributed by atoms with Crippen molar-refractivity contribution in [2.24, 2.45) is 7.05 Å². The first-order valence-corrected chi connectivity index (χ1v) is 10.1. The summed E-state index contributed by atoms with van der Waals surface area (Å²) in [4.78, 5) is 12.2. The van der Waals surface area contributed by atoms with Crippen LogP contribution < -0.4 is 4.74 Å². The summed E-state index contributed by atoms with van der Waals surface area (Å²) in [5.41, 5.74) is 6.07. The Kier molecular flexibility index (Phi) is 7.13. The Morgan fingerprint density at radius 1 is 1.10 bits per heavy atom. The number of aryl methyl sites for hydroxylation is 2. The van der Waals surface area contributed by atoms with Crippen LogP contribution in [0.2, 0.25) is 0 Å². The van der Waals surface area contributed by atoms with Crippen LogP contribution in [0.1, 0.15) is 29.2 Å². The second kappa shape index (κ2) is 9.98. The number of aromatic nitrogens is 2. The molecule has 6 heteroatoms. The van der Waals surface area contributed by atoms with Crippen molar-refractivity contribution in [3.8, 4) is 17.1 Å². The number of esters is 1. The van der Waals surface area contributed by atoms with Crippen molar-refractivity contribution in [3.05, 3.63) is 77.0 Å². The van der Waals surface area contributed by atoms with E-state index in [9.17, 15) is 4.79 Å². The van der Waals surface area contributed by atoms with E-state index in [1.807, 2.05) is 38.2 Å². The summed E-state index contributed by atoms with van der Waals surface area (Å²) in [5, 5.41) is 4.66. The van der Waals surface area contributed by atoms with Crippen molar-refractivity contribution in [1.29, 1.82) is 0 Å². The highest BCUT2D eigenvalue weighted by Crippen LogP contribution is 2.30. The van der Waals surface area contributed by atoms with Crippen molar-refractivity contribution in [1.82, 2.24) is 9.78 Å². The zero-order chi connectivity index (χ0) is 22.4. The summed E-state index contributed by atoms with van der Waals surface area (Å²) in [6, 6.07) is 15.9. The second-order valence-electron chi connectivity index (χ2n) is 7.16. The highest BCUT2D eigenvalue weighted by atomic mass is 16.5. The number of hydrogen-bond acceptors (Lipinski definition) is 5. The molecule has 0 spiro atoms. The first-order valence-electron chi connectivity index (χ1n) is 10.1. The molecule has 0 bridgehead atoms. The monoisotopic (exact) mass is 420 g/mol. The molecule has 0 aliphatic carbocycles. The highest BCUT2D eigenvalue weighted by molar-refractivity contribution is 6.16. The number of benzene rings is 2. The Hall–Kier alpha value is -3.54. The fraction of sp³-hybridized carbons (Fsp3) is 0.280. The molecule has 0 saturated carbocycles. The minimum Gasteiger partial charge on any atom is -0.503 e. The van der Waals surface area contributed by atoms with Crippen LogP contribution in [0, 0.1) is 6.92 Å². The molecule has 3 aromatic rings. The van der Waals surface area contributed by atoms with Gasteiger partial charge in [-0.3, -0.25) is 0 Å². The SMILES string of the molecule is CCc1ccc(-c2nn(C)c(OCc3ccccc3/C(=C\OC)C(=O)OC)c2C)cc1. The summed E-state index contributed by atoms with van der Waals surface area (Å²) in [6.07, 6.45) is 2.39. The van der Waals surface area contributed by atoms with Gasteiger partial charge in [-0.2, -0.15) is 5.10 Å². The van der Waals surface area contributed by atoms with E-state index in [0.717, 1.165) is 28.8 Å². The van der Waals surface area contributed by atoms with Crippen molar-refractivity contribution in [2.75, 3.05) is 14.2 Å². The van der Waals surface area contributed by atoms with Gasteiger partial charge >= 0.3 is 5.97 Å². The third-order valence-corrected chi connectivity index (χ3v) is 5.17. The van der Waals surface area contributed by atoms with Gasteiger partial charge in [0.15, 0.2) is 0 Å². The van der Waals surface area contributed by atoms with Gasteiger partial charge < -0.3 is 14.2 Å². The van der Waals surface area contributed by atoms with E-state index < -0.39 is 5.97 Å². The third-order valence-electron chi connectivity index (χ3n) is 5.17. The number of methoxy groups -OCH3 is 2. The molecule has 0 saturated heterocycles. The van der Waals surface area contributed by atoms with E-state index in [1.54, 1.807) is 4.68 Å². The molecule has 6 nitrogen and oxygen atoms in total. The first kappa shape index (κ1) is 22.2. The molecule has 2 aromatic carbocycles. The average Bonchev–Trinajstić information content (AvgIpc) is 3.09. The van der Waals surface area contributed by atoms with Gasteiger partial charge in [-0.25, -0.2) is 9.48 Å². The van der Waals surface area contributed by atoms with Gasteiger partial charge in [-0.05, 0) is 30.0 Å². The highest BCUT2D eigenvalue weighted by Gasteiger charge is 2.19. The van der Waals surface area contributed by atoms with E-state index in [1.165, 1.54) is 26.0 Å². The van der Waals surface area contributed by atoms with Gasteiger partial charge in [0.05, 0.1) is 26.2 Å². The minimum absolute atomic E-state index is 0.267. The van der Waals surface area contributed by atoms with Crippen LogP contribution >= 0.6 is 0 Å². The molecule has 162 valence electrons. The second-order valence-corrected chi connectivity index (χ2v) is 7.16. The largest absolute Gasteiger partial charge is 0.503 e. The van der Waals surface area contributed by atoms with Crippen LogP contribution in [-0.2, 0) is 34.3 Å². The summed E-state index contributed by atoms with van der Waals surface area (Å²) in [7, 11) is 4.71. The van der Waals surface area contributed by atoms with Gasteiger partial charge in [0.25, 0.3) is 0 Å². The number of carbonyl (C=O) groups is 1. The maximum Gasteiger partial charge on any atom is 0.341 e. The number of carbonyl (C=O) groups excluding carboxylic acids is 1. The molecule has 0 radical (unpaired) electrons. The lowest BCUT2D eigenvalue weighted by atomic mass is 10.0. The number of rotatable bonds is 8. The first-order chi connectivity index (χ1) is 15.0. The zero-order valence-electron chi connectivity index (χ0n) is 18.6. The fourth-order valence-corrected chi connectivity index (χ4v) is 3.49. The van der Waals surface area contributed by atoms with E-state index in [4.69, 9.17) is 14.2 Å². The summed E-state index contributed by atoms with van der Waals surface area (Å²) in [5.74, 6) is 0.212. The molecule has 0 atom stereocenters. The van der Waals surface area contributed by atoms with Crippen molar-refractivity contribution < 1.29 is 19.0 Å². The summed E-state index contributed by atoms with van der Waals surface area (Å²) < 4.78 is 17.9. The number of nitrogens with zero attached hydrogens (tertiary/aromatic N) is 2. The Morgan fingerprint density at radius 2 is 1.81 bits per heavy atom. The average molecular weight is 421 g/mol. The van der Waals surface area contributed by atoms with Crippen molar-refractivity contribution in [2.45, 2.75) is 26.9 Å². The van der Waals surface area contributed by atoms with Gasteiger partial charge in [0.1, 0.15) is 12.2 Å². The lowest BCUT2D eigenvalue weighted by Crippen LogP contribution is -2.09. The van der Waals surface area contributed by atoms with E-state index in [0.29, 0.717) is 17.0 Å². The van der Waals surface area contributed by atoms with E-state index in [-0.39, 0.29) is 6.61 Å². The van der Waals surface area contributed by atoms with Gasteiger partial charge in [0.2, 0.25) is 5.88 Å². The molecule has 0 aliphatic heterocycles. The summed E-state index contributed by atoms with van der Waals surface area (Å²) in [6.45, 7) is 4.41.